The highest BCUT2D eigenvalue weighted by molar-refractivity contribution is 6.31. The predicted octanol–water partition coefficient (Wildman–Crippen LogP) is 2.70. The number of hydrogen-bond donors (Lipinski definition) is 2. The summed E-state index contributed by atoms with van der Waals surface area (Å²) in [7, 11) is 3.32. The molecular weight excluding hydrogens is 290 g/mol. The molecule has 21 heavy (non-hydrogen) atoms. The average molecular weight is 316 g/mol. The van der Waals surface area contributed by atoms with Crippen molar-refractivity contribution in [3.63, 3.8) is 0 Å². The molecule has 1 heterocycles. The lowest BCUT2D eigenvalue weighted by molar-refractivity contribution is 0.0365. The van der Waals surface area contributed by atoms with Crippen LogP contribution in [0.2, 0.25) is 5.02 Å². The maximum absolute atomic E-state index is 6.19. The van der Waals surface area contributed by atoms with Crippen molar-refractivity contribution < 1.29 is 9.47 Å². The van der Waals surface area contributed by atoms with Crippen LogP contribution < -0.4 is 10.6 Å². The first-order valence-corrected chi connectivity index (χ1v) is 7.38. The van der Waals surface area contributed by atoms with Crippen molar-refractivity contribution in [2.45, 2.75) is 39.0 Å². The molecule has 120 valence electrons. The highest BCUT2D eigenvalue weighted by atomic mass is 35.5. The van der Waals surface area contributed by atoms with E-state index in [4.69, 9.17) is 21.1 Å². The van der Waals surface area contributed by atoms with E-state index in [0.29, 0.717) is 24.7 Å². The van der Waals surface area contributed by atoms with Crippen molar-refractivity contribution in [3.8, 4) is 0 Å². The molecule has 0 amide bonds. The zero-order valence-corrected chi connectivity index (χ0v) is 14.3. The zero-order chi connectivity index (χ0) is 15.9. The maximum atomic E-state index is 6.19. The Hall–Kier alpha value is -0.880. The molecule has 0 bridgehead atoms. The van der Waals surface area contributed by atoms with Crippen molar-refractivity contribution in [2.75, 3.05) is 32.7 Å². The van der Waals surface area contributed by atoms with Crippen LogP contribution in [0.25, 0.3) is 0 Å². The molecule has 1 aromatic rings. The molecule has 5 nitrogen and oxygen atoms in total. The average Bonchev–Trinajstić information content (AvgIpc) is 2.42. The number of halogens is 1. The second-order valence-electron chi connectivity index (χ2n) is 5.96. The minimum atomic E-state index is -0.0105. The van der Waals surface area contributed by atoms with Gasteiger partial charge < -0.3 is 20.1 Å². The van der Waals surface area contributed by atoms with E-state index in [1.807, 2.05) is 6.07 Å². The lowest BCUT2D eigenvalue weighted by Crippen LogP contribution is -2.35. The van der Waals surface area contributed by atoms with E-state index in [1.165, 1.54) is 0 Å². The van der Waals surface area contributed by atoms with Gasteiger partial charge in [0.25, 0.3) is 0 Å². The fourth-order valence-corrected chi connectivity index (χ4v) is 1.86. The predicted molar refractivity (Wildman–Crippen MR) is 87.0 cm³/mol. The molecule has 0 aliphatic rings. The van der Waals surface area contributed by atoms with Gasteiger partial charge in [-0.3, -0.25) is 0 Å². The molecule has 1 unspecified atom stereocenters. The number of methoxy groups -OCH3 is 2. The van der Waals surface area contributed by atoms with Crippen molar-refractivity contribution in [1.29, 1.82) is 0 Å². The number of rotatable bonds is 8. The van der Waals surface area contributed by atoms with Gasteiger partial charge in [-0.2, -0.15) is 0 Å². The quantitative estimate of drug-likeness (QED) is 0.772. The molecule has 0 aliphatic heterocycles. The molecule has 0 spiro atoms. The Morgan fingerprint density at radius 1 is 1.33 bits per heavy atom. The van der Waals surface area contributed by atoms with E-state index >= 15 is 0 Å². The zero-order valence-electron chi connectivity index (χ0n) is 13.5. The molecule has 6 heteroatoms. The standard InChI is InChI=1S/C15H26ClN3O2/c1-15(2,3)19-7-11-6-14(18-9-13(11)16)17-8-12(21-5)10-20-4/h6,9,12,19H,7-8,10H2,1-5H3,(H,17,18). The van der Waals surface area contributed by atoms with Crippen LogP contribution in [0.15, 0.2) is 12.3 Å². The number of nitrogens with one attached hydrogen (secondary N) is 2. The first-order valence-electron chi connectivity index (χ1n) is 7.00. The second kappa shape index (κ2) is 8.54. The summed E-state index contributed by atoms with van der Waals surface area (Å²) in [4.78, 5) is 4.28. The highest BCUT2D eigenvalue weighted by Gasteiger charge is 2.12. The lowest BCUT2D eigenvalue weighted by atomic mass is 10.1. The van der Waals surface area contributed by atoms with Gasteiger partial charge in [-0.1, -0.05) is 11.6 Å². The summed E-state index contributed by atoms with van der Waals surface area (Å²) < 4.78 is 10.4. The first kappa shape index (κ1) is 18.2. The summed E-state index contributed by atoms with van der Waals surface area (Å²) in [5.74, 6) is 0.781. The summed E-state index contributed by atoms with van der Waals surface area (Å²) in [6, 6.07) is 1.96. The third kappa shape index (κ3) is 7.09. The van der Waals surface area contributed by atoms with Gasteiger partial charge in [0, 0.05) is 39.0 Å². The summed E-state index contributed by atoms with van der Waals surface area (Å²) in [5.41, 5.74) is 1.06. The monoisotopic (exact) mass is 315 g/mol. The van der Waals surface area contributed by atoms with E-state index in [0.717, 1.165) is 11.4 Å². The normalized spacial score (nSPS) is 13.2. The summed E-state index contributed by atoms with van der Waals surface area (Å²) in [5, 5.41) is 7.32. The third-order valence-corrected chi connectivity index (χ3v) is 3.28. The lowest BCUT2D eigenvalue weighted by Gasteiger charge is -2.21. The van der Waals surface area contributed by atoms with Gasteiger partial charge in [0.2, 0.25) is 0 Å². The molecule has 1 atom stereocenters. The van der Waals surface area contributed by atoms with Gasteiger partial charge in [0.1, 0.15) is 5.82 Å². The second-order valence-corrected chi connectivity index (χ2v) is 6.37. The summed E-state index contributed by atoms with van der Waals surface area (Å²) in [6.45, 7) is 8.23. The van der Waals surface area contributed by atoms with E-state index in [2.05, 4.69) is 36.4 Å². The van der Waals surface area contributed by atoms with Crippen LogP contribution in [0.5, 0.6) is 0 Å². The molecule has 0 radical (unpaired) electrons. The molecule has 0 aliphatic carbocycles. The van der Waals surface area contributed by atoms with Gasteiger partial charge >= 0.3 is 0 Å². The van der Waals surface area contributed by atoms with Crippen molar-refractivity contribution >= 4 is 17.4 Å². The number of pyridine rings is 1. The largest absolute Gasteiger partial charge is 0.382 e. The molecule has 0 fully saturated rings. The molecular formula is C15H26ClN3O2. The maximum Gasteiger partial charge on any atom is 0.126 e. The molecule has 0 aromatic carbocycles. The minimum Gasteiger partial charge on any atom is -0.382 e. The molecule has 1 rings (SSSR count). The van der Waals surface area contributed by atoms with Crippen molar-refractivity contribution in [1.82, 2.24) is 10.3 Å². The van der Waals surface area contributed by atoms with E-state index < -0.39 is 0 Å². The fraction of sp³-hybridized carbons (Fsp3) is 0.667. The van der Waals surface area contributed by atoms with Crippen LogP contribution >= 0.6 is 11.6 Å². The summed E-state index contributed by atoms with van der Waals surface area (Å²) >= 11 is 6.19. The van der Waals surface area contributed by atoms with Crippen LogP contribution in [0.3, 0.4) is 0 Å². The van der Waals surface area contributed by atoms with E-state index in [-0.39, 0.29) is 11.6 Å². The molecule has 0 saturated carbocycles. The van der Waals surface area contributed by atoms with Crippen LogP contribution in [0.4, 0.5) is 5.82 Å². The van der Waals surface area contributed by atoms with Crippen LogP contribution in [-0.2, 0) is 16.0 Å². The fourth-order valence-electron chi connectivity index (χ4n) is 1.69. The SMILES string of the molecule is COCC(CNc1cc(CNC(C)(C)C)c(Cl)cn1)OC. The van der Waals surface area contributed by atoms with Crippen molar-refractivity contribution in [3.05, 3.63) is 22.8 Å². The van der Waals surface area contributed by atoms with Gasteiger partial charge in [-0.05, 0) is 32.4 Å². The van der Waals surface area contributed by atoms with Crippen LogP contribution in [0.1, 0.15) is 26.3 Å². The van der Waals surface area contributed by atoms with Gasteiger partial charge in [-0.25, -0.2) is 4.98 Å². The third-order valence-electron chi connectivity index (χ3n) is 2.94. The van der Waals surface area contributed by atoms with Crippen LogP contribution in [-0.4, -0.2) is 44.0 Å². The Bertz CT molecular complexity index is 435. The Morgan fingerprint density at radius 2 is 2.05 bits per heavy atom. The number of nitrogens with zero attached hydrogens (tertiary/aromatic N) is 1. The molecule has 0 saturated heterocycles. The first-order chi connectivity index (χ1) is 9.85. The van der Waals surface area contributed by atoms with Gasteiger partial charge in [0.05, 0.1) is 17.7 Å². The smallest absolute Gasteiger partial charge is 0.126 e. The van der Waals surface area contributed by atoms with Crippen LogP contribution in [0, 0.1) is 0 Å². The number of anilines is 1. The van der Waals surface area contributed by atoms with Gasteiger partial charge in [-0.15, -0.1) is 0 Å². The highest BCUT2D eigenvalue weighted by Crippen LogP contribution is 2.19. The van der Waals surface area contributed by atoms with Gasteiger partial charge in [0.15, 0.2) is 0 Å². The molecule has 2 N–H and O–H groups in total. The van der Waals surface area contributed by atoms with E-state index in [1.54, 1.807) is 20.4 Å². The number of aromatic nitrogens is 1. The topological polar surface area (TPSA) is 55.4 Å². The minimum absolute atomic E-state index is 0.0105. The number of hydrogen-bond acceptors (Lipinski definition) is 5. The van der Waals surface area contributed by atoms with E-state index in [9.17, 15) is 0 Å². The van der Waals surface area contributed by atoms with Crippen molar-refractivity contribution in [2.24, 2.45) is 0 Å². The summed E-state index contributed by atoms with van der Waals surface area (Å²) in [6.07, 6.45) is 1.66. The Morgan fingerprint density at radius 3 is 2.62 bits per heavy atom. The Labute approximate surface area is 132 Å². The molecule has 1 aromatic heterocycles. The Kier molecular flexibility index (Phi) is 7.39. The Balaban J connectivity index is 2.64. The number of ether oxygens (including phenoxy) is 2.